The number of aliphatic imine (C=N–C) groups is 1. The molecule has 2 aromatic rings. The van der Waals surface area contributed by atoms with Gasteiger partial charge in [0.1, 0.15) is 11.7 Å². The van der Waals surface area contributed by atoms with Crippen molar-refractivity contribution in [2.45, 2.75) is 39.0 Å². The zero-order valence-electron chi connectivity index (χ0n) is 18.1. The van der Waals surface area contributed by atoms with Crippen molar-refractivity contribution in [1.82, 2.24) is 15.2 Å². The number of carbonyl (C=O) groups is 1. The molecule has 3 heterocycles. The van der Waals surface area contributed by atoms with E-state index in [-0.39, 0.29) is 23.8 Å². The maximum Gasteiger partial charge on any atom is 0.266 e. The van der Waals surface area contributed by atoms with Gasteiger partial charge in [0.15, 0.2) is 0 Å². The zero-order valence-corrected chi connectivity index (χ0v) is 18.1. The smallest absolute Gasteiger partial charge is 0.266 e. The third-order valence-electron chi connectivity index (χ3n) is 5.58. The second kappa shape index (κ2) is 9.19. The van der Waals surface area contributed by atoms with Gasteiger partial charge < -0.3 is 15.3 Å². The molecule has 33 heavy (non-hydrogen) atoms. The molecule has 2 atom stereocenters. The highest BCUT2D eigenvalue weighted by Gasteiger charge is 2.32. The Hall–Kier alpha value is -3.46. The van der Waals surface area contributed by atoms with Gasteiger partial charge >= 0.3 is 0 Å². The number of amides is 1. The topological polar surface area (TPSA) is 77.8 Å². The molecule has 6 nitrogen and oxygen atoms in total. The molecule has 0 fully saturated rings. The van der Waals surface area contributed by atoms with E-state index in [1.54, 1.807) is 31.3 Å². The lowest BCUT2D eigenvalue weighted by molar-refractivity contribution is -0.117. The van der Waals surface area contributed by atoms with Crippen LogP contribution in [0.1, 0.15) is 48.7 Å². The molecule has 2 N–H and O–H groups in total. The molecule has 1 aromatic heterocycles. The van der Waals surface area contributed by atoms with Crippen molar-refractivity contribution in [3.63, 3.8) is 0 Å². The number of rotatable bonds is 6. The summed E-state index contributed by atoms with van der Waals surface area (Å²) in [6, 6.07) is 6.37. The number of hydrogen-bond donors (Lipinski definition) is 2. The Morgan fingerprint density at radius 2 is 2.06 bits per heavy atom. The molecule has 0 spiro atoms. The fraction of sp³-hybridized carbons (Fsp3) is 0.292. The largest absolute Gasteiger partial charge is 0.390 e. The van der Waals surface area contributed by atoms with Crippen molar-refractivity contribution in [2.24, 2.45) is 4.99 Å². The molecule has 0 radical (unpaired) electrons. The highest BCUT2D eigenvalue weighted by Crippen LogP contribution is 2.30. The summed E-state index contributed by atoms with van der Waals surface area (Å²) in [6.07, 6.45) is 2.18. The van der Waals surface area contributed by atoms with Gasteiger partial charge in [0.05, 0.1) is 35.5 Å². The number of benzene rings is 1. The van der Waals surface area contributed by atoms with Gasteiger partial charge in [-0.1, -0.05) is 18.2 Å². The number of aliphatic hydroxyl groups excluding tert-OH is 1. The van der Waals surface area contributed by atoms with Gasteiger partial charge in [-0.15, -0.1) is 0 Å². The first-order chi connectivity index (χ1) is 15.8. The minimum atomic E-state index is -2.95. The van der Waals surface area contributed by atoms with Gasteiger partial charge in [0.2, 0.25) is 0 Å². The summed E-state index contributed by atoms with van der Waals surface area (Å²) < 4.78 is 40.7. The van der Waals surface area contributed by atoms with Gasteiger partial charge in [0, 0.05) is 24.5 Å². The average molecular weight is 456 g/mol. The lowest BCUT2D eigenvalue weighted by Gasteiger charge is -2.25. The van der Waals surface area contributed by atoms with E-state index in [1.165, 1.54) is 12.1 Å². The Balaban J connectivity index is 1.65. The molecule has 2 aliphatic heterocycles. The van der Waals surface area contributed by atoms with Crippen LogP contribution in [0.2, 0.25) is 0 Å². The number of nitrogens with one attached hydrogen (secondary N) is 1. The van der Waals surface area contributed by atoms with Crippen LogP contribution in [0.4, 0.5) is 13.2 Å². The van der Waals surface area contributed by atoms with Crippen LogP contribution in [0.3, 0.4) is 0 Å². The van der Waals surface area contributed by atoms with Gasteiger partial charge in [-0.2, -0.15) is 0 Å². The van der Waals surface area contributed by atoms with Crippen molar-refractivity contribution in [2.75, 3.05) is 6.54 Å². The van der Waals surface area contributed by atoms with Crippen LogP contribution in [-0.4, -0.2) is 39.3 Å². The average Bonchev–Trinajstić information content (AvgIpc) is 3.18. The molecule has 0 saturated heterocycles. The second-order valence-corrected chi connectivity index (χ2v) is 8.04. The van der Waals surface area contributed by atoms with Crippen molar-refractivity contribution in [1.29, 1.82) is 0 Å². The van der Waals surface area contributed by atoms with E-state index in [2.05, 4.69) is 15.3 Å². The molecule has 0 unspecified atom stereocenters. The van der Waals surface area contributed by atoms with Crippen LogP contribution in [0.25, 0.3) is 5.57 Å². The van der Waals surface area contributed by atoms with Crippen LogP contribution in [0.15, 0.2) is 59.4 Å². The summed E-state index contributed by atoms with van der Waals surface area (Å²) in [7, 11) is 0. The maximum absolute atomic E-state index is 14.6. The molecule has 2 aliphatic rings. The Morgan fingerprint density at radius 3 is 2.79 bits per heavy atom. The highest BCUT2D eigenvalue weighted by molar-refractivity contribution is 6.24. The van der Waals surface area contributed by atoms with Crippen LogP contribution in [0, 0.1) is 5.82 Å². The minimum absolute atomic E-state index is 0.0198. The zero-order chi connectivity index (χ0) is 23.7. The summed E-state index contributed by atoms with van der Waals surface area (Å²) in [4.78, 5) is 23.7. The molecule has 1 amide bonds. The second-order valence-electron chi connectivity index (χ2n) is 8.04. The van der Waals surface area contributed by atoms with Gasteiger partial charge in [-0.05, 0) is 43.2 Å². The summed E-state index contributed by atoms with van der Waals surface area (Å²) in [5, 5.41) is 12.1. The number of aromatic nitrogens is 1. The lowest BCUT2D eigenvalue weighted by Crippen LogP contribution is -2.37. The molecular weight excluding hydrogens is 433 g/mol. The van der Waals surface area contributed by atoms with E-state index < -0.39 is 29.8 Å². The van der Waals surface area contributed by atoms with Crippen LogP contribution >= 0.6 is 0 Å². The number of allylic oxidation sites excluding steroid dienone is 2. The number of carbonyl (C=O) groups excluding carboxylic acids is 1. The highest BCUT2D eigenvalue weighted by atomic mass is 19.3. The SMILES string of the molecule is C[C@@H]1CN2C=C(c3ccnc(CO)c3)C=C(C(=O)N[C@H](C)c3cccc(C(F)F)c3F)C2=N1. The summed E-state index contributed by atoms with van der Waals surface area (Å²) in [6.45, 7) is 3.84. The molecule has 0 saturated carbocycles. The number of nitrogens with zero attached hydrogens (tertiary/aromatic N) is 3. The lowest BCUT2D eigenvalue weighted by atomic mass is 9.99. The van der Waals surface area contributed by atoms with E-state index in [0.717, 1.165) is 17.2 Å². The normalized spacial score (nSPS) is 18.5. The van der Waals surface area contributed by atoms with Crippen molar-refractivity contribution in [3.8, 4) is 0 Å². The van der Waals surface area contributed by atoms with Crippen molar-refractivity contribution >= 4 is 17.3 Å². The molecule has 0 aliphatic carbocycles. The number of halogens is 3. The third kappa shape index (κ3) is 4.54. The van der Waals surface area contributed by atoms with Gasteiger partial charge in [-0.3, -0.25) is 14.8 Å². The molecule has 4 rings (SSSR count). The first-order valence-corrected chi connectivity index (χ1v) is 10.5. The number of alkyl halides is 2. The number of pyridine rings is 1. The molecule has 0 bridgehead atoms. The van der Waals surface area contributed by atoms with E-state index in [1.807, 2.05) is 18.0 Å². The predicted octanol–water partition coefficient (Wildman–Crippen LogP) is 3.91. The maximum atomic E-state index is 14.6. The standard InChI is InChI=1S/C24H23F3N4O2/c1-13-10-31-11-16(15-6-7-28-17(8-15)12-32)9-20(23(31)29-13)24(33)30-14(2)18-4-3-5-19(21(18)25)22(26)27/h3-9,11,13-14,22,32H,10,12H2,1-2H3,(H,30,33)/t13-,14-/m1/s1. The monoisotopic (exact) mass is 456 g/mol. The van der Waals surface area contributed by atoms with Crippen molar-refractivity contribution in [3.05, 3.63) is 82.6 Å². The first-order valence-electron chi connectivity index (χ1n) is 10.5. The number of fused-ring (bicyclic) bond motifs is 1. The van der Waals surface area contributed by atoms with Crippen LogP contribution in [0.5, 0.6) is 0 Å². The Morgan fingerprint density at radius 1 is 1.30 bits per heavy atom. The fourth-order valence-electron chi connectivity index (χ4n) is 3.95. The van der Waals surface area contributed by atoms with E-state index >= 15 is 0 Å². The number of aliphatic hydroxyl groups is 1. The van der Waals surface area contributed by atoms with E-state index in [0.29, 0.717) is 18.1 Å². The van der Waals surface area contributed by atoms with E-state index in [9.17, 15) is 23.1 Å². The molecule has 172 valence electrons. The molecule has 9 heteroatoms. The Bertz CT molecular complexity index is 1180. The summed E-state index contributed by atoms with van der Waals surface area (Å²) >= 11 is 0. The van der Waals surface area contributed by atoms with Crippen molar-refractivity contribution < 1.29 is 23.1 Å². The Kier molecular flexibility index (Phi) is 6.33. The quantitative estimate of drug-likeness (QED) is 0.691. The van der Waals surface area contributed by atoms with Crippen LogP contribution in [-0.2, 0) is 11.4 Å². The summed E-state index contributed by atoms with van der Waals surface area (Å²) in [5.41, 5.74) is 1.55. The van der Waals surface area contributed by atoms with Gasteiger partial charge in [-0.25, -0.2) is 13.2 Å². The molecule has 1 aromatic carbocycles. The Labute approximate surface area is 189 Å². The predicted molar refractivity (Wildman–Crippen MR) is 118 cm³/mol. The minimum Gasteiger partial charge on any atom is -0.390 e. The first kappa shape index (κ1) is 22.7. The fourth-order valence-corrected chi connectivity index (χ4v) is 3.95. The number of hydrogen-bond acceptors (Lipinski definition) is 5. The third-order valence-corrected chi connectivity index (χ3v) is 5.58. The van der Waals surface area contributed by atoms with Gasteiger partial charge in [0.25, 0.3) is 12.3 Å². The van der Waals surface area contributed by atoms with Crippen LogP contribution < -0.4 is 5.32 Å². The molecular formula is C24H23F3N4O2. The summed E-state index contributed by atoms with van der Waals surface area (Å²) in [5.74, 6) is -1.03. The number of amidine groups is 1. The van der Waals surface area contributed by atoms with E-state index in [4.69, 9.17) is 0 Å².